The van der Waals surface area contributed by atoms with Crippen molar-refractivity contribution in [2.45, 2.75) is 0 Å². The lowest BCUT2D eigenvalue weighted by Gasteiger charge is -2.10. The van der Waals surface area contributed by atoms with E-state index in [4.69, 9.17) is 9.72 Å². The molecule has 0 spiro atoms. The average Bonchev–Trinajstić information content (AvgIpc) is 2.78. The van der Waals surface area contributed by atoms with Gasteiger partial charge in [-0.05, 0) is 69.4 Å². The molecule has 0 bridgehead atoms. The minimum Gasteiger partial charge on any atom is -0.495 e. The molecular formula is C24H17I2N3O2. The van der Waals surface area contributed by atoms with Gasteiger partial charge in [-0.15, -0.1) is 0 Å². The van der Waals surface area contributed by atoms with Crippen molar-refractivity contribution in [2.75, 3.05) is 7.11 Å². The predicted molar refractivity (Wildman–Crippen MR) is 141 cm³/mol. The van der Waals surface area contributed by atoms with Gasteiger partial charge in [-0.1, -0.05) is 48.5 Å². The first kappa shape index (κ1) is 21.7. The fourth-order valence-corrected chi connectivity index (χ4v) is 5.34. The molecule has 0 atom stereocenters. The zero-order chi connectivity index (χ0) is 21.8. The monoisotopic (exact) mass is 633 g/mol. The van der Waals surface area contributed by atoms with Crippen LogP contribution in [0.2, 0.25) is 0 Å². The smallest absolute Gasteiger partial charge is 0.272 e. The van der Waals surface area contributed by atoms with Crippen LogP contribution in [0.5, 0.6) is 5.75 Å². The number of pyridine rings is 1. The zero-order valence-electron chi connectivity index (χ0n) is 16.5. The maximum absolute atomic E-state index is 13.0. The number of halogens is 2. The number of benzene rings is 3. The summed E-state index contributed by atoms with van der Waals surface area (Å²) in [5, 5.41) is 4.96. The van der Waals surface area contributed by atoms with Crippen LogP contribution >= 0.6 is 45.2 Å². The van der Waals surface area contributed by atoms with E-state index < -0.39 is 0 Å². The highest BCUT2D eigenvalue weighted by Gasteiger charge is 2.14. The SMILES string of the molecule is COc1c(I)cc(I)cc1/C=N\NC(=O)c1cc(-c2ccccc2)nc2ccccc12. The maximum Gasteiger partial charge on any atom is 0.272 e. The minimum absolute atomic E-state index is 0.300. The number of methoxy groups -OCH3 is 1. The first-order chi connectivity index (χ1) is 15.1. The van der Waals surface area contributed by atoms with Crippen molar-refractivity contribution in [3.63, 3.8) is 0 Å². The van der Waals surface area contributed by atoms with Gasteiger partial charge in [0.25, 0.3) is 5.91 Å². The van der Waals surface area contributed by atoms with E-state index in [2.05, 4.69) is 55.7 Å². The van der Waals surface area contributed by atoms with Crippen molar-refractivity contribution < 1.29 is 9.53 Å². The summed E-state index contributed by atoms with van der Waals surface area (Å²) in [5.41, 5.74) is 6.41. The molecule has 0 saturated heterocycles. The van der Waals surface area contributed by atoms with E-state index in [-0.39, 0.29) is 5.91 Å². The van der Waals surface area contributed by atoms with Gasteiger partial charge in [0, 0.05) is 20.1 Å². The van der Waals surface area contributed by atoms with Crippen LogP contribution in [-0.2, 0) is 0 Å². The first-order valence-electron chi connectivity index (χ1n) is 9.38. The van der Waals surface area contributed by atoms with Gasteiger partial charge in [0.05, 0.1) is 33.7 Å². The van der Waals surface area contributed by atoms with Gasteiger partial charge < -0.3 is 4.74 Å². The van der Waals surface area contributed by atoms with E-state index >= 15 is 0 Å². The van der Waals surface area contributed by atoms with E-state index in [1.54, 1.807) is 19.4 Å². The lowest BCUT2D eigenvalue weighted by atomic mass is 10.0. The molecule has 5 nitrogen and oxygen atoms in total. The summed E-state index contributed by atoms with van der Waals surface area (Å²) in [6.45, 7) is 0. The van der Waals surface area contributed by atoms with E-state index in [0.717, 1.165) is 40.6 Å². The van der Waals surface area contributed by atoms with Gasteiger partial charge in [-0.25, -0.2) is 10.4 Å². The van der Waals surface area contributed by atoms with Gasteiger partial charge in [0.15, 0.2) is 0 Å². The number of hydrogen-bond acceptors (Lipinski definition) is 4. The van der Waals surface area contributed by atoms with Gasteiger partial charge in [0.2, 0.25) is 0 Å². The standard InChI is InChI=1S/C24H17I2N3O2/c1-31-23-16(11-17(25)12-20(23)26)14-27-29-24(30)19-13-22(15-7-3-2-4-8-15)28-21-10-6-5-9-18(19)21/h2-14H,1H3,(H,29,30)/b27-14-. The number of fused-ring (bicyclic) bond motifs is 1. The molecule has 1 N–H and O–H groups in total. The zero-order valence-corrected chi connectivity index (χ0v) is 20.8. The van der Waals surface area contributed by atoms with Crippen LogP contribution in [0.3, 0.4) is 0 Å². The molecule has 1 aromatic heterocycles. The highest BCUT2D eigenvalue weighted by molar-refractivity contribution is 14.1. The topological polar surface area (TPSA) is 63.6 Å². The maximum atomic E-state index is 13.0. The van der Waals surface area contributed by atoms with Crippen molar-refractivity contribution >= 4 is 68.2 Å². The van der Waals surface area contributed by atoms with Gasteiger partial charge in [-0.2, -0.15) is 5.10 Å². The normalized spacial score (nSPS) is 11.1. The number of nitrogens with zero attached hydrogens (tertiary/aromatic N) is 2. The lowest BCUT2D eigenvalue weighted by Crippen LogP contribution is -2.18. The molecule has 7 heteroatoms. The number of amides is 1. The van der Waals surface area contributed by atoms with Crippen LogP contribution < -0.4 is 10.2 Å². The Labute approximate surface area is 207 Å². The number of ether oxygens (including phenoxy) is 1. The van der Waals surface area contributed by atoms with Crippen molar-refractivity contribution in [2.24, 2.45) is 5.10 Å². The van der Waals surface area contributed by atoms with E-state index in [0.29, 0.717) is 5.56 Å². The second kappa shape index (κ2) is 9.73. The predicted octanol–water partition coefficient (Wildman–Crippen LogP) is 5.88. The third-order valence-corrected chi connectivity index (χ3v) is 6.07. The number of nitrogens with one attached hydrogen (secondary N) is 1. The number of carbonyl (C=O) groups excluding carboxylic acids is 1. The molecule has 0 aliphatic heterocycles. The second-order valence-corrected chi connectivity index (χ2v) is 9.06. The van der Waals surface area contributed by atoms with E-state index in [1.165, 1.54) is 0 Å². The van der Waals surface area contributed by atoms with Gasteiger partial charge in [-0.3, -0.25) is 4.79 Å². The molecule has 0 radical (unpaired) electrons. The molecule has 0 unspecified atom stereocenters. The van der Waals surface area contributed by atoms with Gasteiger partial charge >= 0.3 is 0 Å². The summed E-state index contributed by atoms with van der Waals surface area (Å²) in [6, 6.07) is 23.2. The van der Waals surface area contributed by atoms with Crippen LogP contribution in [0.4, 0.5) is 0 Å². The molecule has 154 valence electrons. The van der Waals surface area contributed by atoms with Crippen LogP contribution in [0, 0.1) is 7.14 Å². The Morgan fingerprint density at radius 2 is 1.77 bits per heavy atom. The average molecular weight is 633 g/mol. The fourth-order valence-electron chi connectivity index (χ4n) is 3.23. The first-order valence-corrected chi connectivity index (χ1v) is 11.5. The number of hydrogen-bond donors (Lipinski definition) is 1. The van der Waals surface area contributed by atoms with Crippen LogP contribution in [0.25, 0.3) is 22.2 Å². The van der Waals surface area contributed by atoms with Crippen LogP contribution in [-0.4, -0.2) is 24.2 Å². The molecule has 31 heavy (non-hydrogen) atoms. The summed E-state index contributed by atoms with van der Waals surface area (Å²) < 4.78 is 7.51. The molecule has 1 heterocycles. The van der Waals surface area contributed by atoms with E-state index in [9.17, 15) is 4.79 Å². The Kier molecular flexibility index (Phi) is 6.81. The third kappa shape index (κ3) is 4.87. The highest BCUT2D eigenvalue weighted by Crippen LogP contribution is 2.27. The molecular weight excluding hydrogens is 616 g/mol. The minimum atomic E-state index is -0.300. The quantitative estimate of drug-likeness (QED) is 0.170. The summed E-state index contributed by atoms with van der Waals surface area (Å²) in [5.74, 6) is 0.422. The highest BCUT2D eigenvalue weighted by atomic mass is 127. The molecule has 4 aromatic rings. The Morgan fingerprint density at radius 1 is 1.03 bits per heavy atom. The van der Waals surface area contributed by atoms with E-state index in [1.807, 2.05) is 66.7 Å². The molecule has 0 aliphatic rings. The fraction of sp³-hybridized carbons (Fsp3) is 0.0417. The summed E-state index contributed by atoms with van der Waals surface area (Å²) in [4.78, 5) is 17.8. The lowest BCUT2D eigenvalue weighted by molar-refractivity contribution is 0.0956. The number of rotatable bonds is 5. The number of hydrazone groups is 1. The summed E-state index contributed by atoms with van der Waals surface area (Å²) in [7, 11) is 1.62. The third-order valence-electron chi connectivity index (χ3n) is 4.64. The Morgan fingerprint density at radius 3 is 2.55 bits per heavy atom. The van der Waals surface area contributed by atoms with Gasteiger partial charge in [0.1, 0.15) is 5.75 Å². The number of para-hydroxylation sites is 1. The largest absolute Gasteiger partial charge is 0.495 e. The Hall–Kier alpha value is -2.53. The number of aromatic nitrogens is 1. The van der Waals surface area contributed by atoms with Crippen LogP contribution in [0.15, 0.2) is 77.9 Å². The molecule has 0 aliphatic carbocycles. The second-order valence-electron chi connectivity index (χ2n) is 6.65. The van der Waals surface area contributed by atoms with Crippen molar-refractivity contribution in [1.29, 1.82) is 0 Å². The molecule has 0 saturated carbocycles. The summed E-state index contributed by atoms with van der Waals surface area (Å²) in [6.07, 6.45) is 1.60. The molecule has 1 amide bonds. The van der Waals surface area contributed by atoms with Crippen molar-refractivity contribution in [1.82, 2.24) is 10.4 Å². The van der Waals surface area contributed by atoms with Crippen LogP contribution in [0.1, 0.15) is 15.9 Å². The molecule has 4 rings (SSSR count). The Balaban J connectivity index is 1.68. The van der Waals surface area contributed by atoms with Crippen molar-refractivity contribution in [3.05, 3.63) is 91.1 Å². The van der Waals surface area contributed by atoms with Crippen molar-refractivity contribution in [3.8, 4) is 17.0 Å². The number of carbonyl (C=O) groups is 1. The Bertz CT molecular complexity index is 1290. The molecule has 0 fully saturated rings. The summed E-state index contributed by atoms with van der Waals surface area (Å²) >= 11 is 4.46. The molecule has 3 aromatic carbocycles.